The summed E-state index contributed by atoms with van der Waals surface area (Å²) in [6, 6.07) is 0. The molecule has 0 bridgehead atoms. The van der Waals surface area contributed by atoms with Crippen molar-refractivity contribution in [1.82, 2.24) is 11.1 Å². The molecule has 1 aliphatic rings. The molecule has 0 aliphatic carbocycles. The normalized spacial score (nSPS) is 23.6. The summed E-state index contributed by atoms with van der Waals surface area (Å²) in [6.45, 7) is 8.32. The van der Waals surface area contributed by atoms with E-state index in [1.807, 2.05) is 0 Å². The third-order valence-corrected chi connectivity index (χ3v) is 3.32. The van der Waals surface area contributed by atoms with E-state index in [9.17, 15) is 0 Å². The lowest BCUT2D eigenvalue weighted by Gasteiger charge is -2.44. The first-order valence-electron chi connectivity index (χ1n) is 5.04. The van der Waals surface area contributed by atoms with Crippen molar-refractivity contribution in [2.24, 2.45) is 5.92 Å². The van der Waals surface area contributed by atoms with Gasteiger partial charge in [-0.05, 0) is 46.2 Å². The summed E-state index contributed by atoms with van der Waals surface area (Å²) in [4.78, 5) is 24.0. The fourth-order valence-corrected chi connectivity index (χ4v) is 1.65. The largest absolute Gasteiger partial charge is 3.00 e. The third kappa shape index (κ3) is 9.44. The first kappa shape index (κ1) is 22.0. The Balaban J connectivity index is -0.000000247. The van der Waals surface area contributed by atoms with Crippen LogP contribution in [0.4, 0.5) is 0 Å². The molecule has 0 saturated carbocycles. The Kier molecular flexibility index (Phi) is 10.3. The Bertz CT molecular complexity index is 223. The number of hydrogen-bond donors (Lipinski definition) is 3. The number of nitrogens with zero attached hydrogens (tertiary/aromatic N) is 2. The third-order valence-electron chi connectivity index (χ3n) is 3.32. The van der Waals surface area contributed by atoms with E-state index in [1.165, 1.54) is 19.4 Å². The summed E-state index contributed by atoms with van der Waals surface area (Å²) in [5, 5.41) is 0. The van der Waals surface area contributed by atoms with Crippen LogP contribution in [-0.4, -0.2) is 38.7 Å². The highest BCUT2D eigenvalue weighted by molar-refractivity contribution is 7.45. The molecule has 1 heterocycles. The monoisotopic (exact) mass is 269 g/mol. The zero-order chi connectivity index (χ0) is 12.3. The van der Waals surface area contributed by atoms with E-state index in [4.69, 9.17) is 19.2 Å². The minimum absolute atomic E-state index is 0. The highest BCUT2D eigenvalue weighted by atomic mass is 31.2. The molecule has 98 valence electrons. The van der Waals surface area contributed by atoms with Crippen molar-refractivity contribution in [2.75, 3.05) is 13.6 Å². The first-order chi connectivity index (χ1) is 6.55. The average molecular weight is 269 g/mol. The average Bonchev–Trinajstić information content (AvgIpc) is 1.98. The predicted molar refractivity (Wildman–Crippen MR) is 62.2 cm³/mol. The second-order valence-corrected chi connectivity index (χ2v) is 5.66. The molecule has 0 aromatic rings. The van der Waals surface area contributed by atoms with Gasteiger partial charge in [0.05, 0.1) is 0 Å². The highest BCUT2D eigenvalue weighted by Gasteiger charge is 3.00. The van der Waals surface area contributed by atoms with Gasteiger partial charge in [-0.3, -0.25) is 0 Å². The van der Waals surface area contributed by atoms with Gasteiger partial charge in [-0.2, -0.15) is 0 Å². The van der Waals surface area contributed by atoms with Gasteiger partial charge in [0.25, 0.3) is 0 Å². The predicted octanol–water partition coefficient (Wildman–Crippen LogP) is 0.599. The highest BCUT2D eigenvalue weighted by Crippen LogP contribution is 2.31. The van der Waals surface area contributed by atoms with Gasteiger partial charge in [-0.25, -0.2) is 4.57 Å². The molecule has 1 aliphatic heterocycles. The standard InChI is InChI=1S/C9H19N.N.H3O4P.O/c1-8-6-5-7-10(4)9(8,2)3;;1-5(2,3)4;/h8H,5-7H2,1-4H3;;(H3,1,2,3,4);/q;+3;;+2. The number of rotatable bonds is 0. The second kappa shape index (κ2) is 7.95. The zero-order valence-electron chi connectivity index (χ0n) is 10.7. The molecule has 6 radical (unpaired) electrons. The molecule has 1 unspecified atom stereocenters. The maximum Gasteiger partial charge on any atom is 3.00 e. The van der Waals surface area contributed by atoms with Crippen LogP contribution in [-0.2, 0) is 10.0 Å². The van der Waals surface area contributed by atoms with E-state index in [2.05, 4.69) is 32.7 Å². The van der Waals surface area contributed by atoms with E-state index in [0.29, 0.717) is 5.54 Å². The number of piperidine rings is 1. The summed E-state index contributed by atoms with van der Waals surface area (Å²) in [5.74, 6) is 0.853. The molecule has 1 atom stereocenters. The van der Waals surface area contributed by atoms with Crippen LogP contribution in [0.3, 0.4) is 0 Å². The van der Waals surface area contributed by atoms with Crippen LogP contribution < -0.4 is 6.15 Å². The number of likely N-dealkylation sites (tertiary alicyclic amines) is 1. The summed E-state index contributed by atoms with van der Waals surface area (Å²) in [6.07, 6.45) is 2.78. The molecule has 3 N–H and O–H groups in total. The van der Waals surface area contributed by atoms with Crippen molar-refractivity contribution < 1.29 is 24.7 Å². The molecular formula is C9H22N2O5P+5. The smallest absolute Gasteiger partial charge is 0.303 e. The number of phosphoric acid groups is 1. The van der Waals surface area contributed by atoms with Crippen LogP contribution in [0.5, 0.6) is 0 Å². The molecule has 1 fully saturated rings. The zero-order valence-corrected chi connectivity index (χ0v) is 11.6. The molecule has 7 nitrogen and oxygen atoms in total. The molecule has 0 amide bonds. The van der Waals surface area contributed by atoms with Gasteiger partial charge in [0.15, 0.2) is 0 Å². The molecule has 1 saturated heterocycles. The van der Waals surface area contributed by atoms with E-state index in [0.717, 1.165) is 5.92 Å². The second-order valence-electron chi connectivity index (χ2n) is 4.63. The quantitative estimate of drug-likeness (QED) is 0.552. The Morgan fingerprint density at radius 2 is 1.65 bits per heavy atom. The van der Waals surface area contributed by atoms with Gasteiger partial charge in [-0.15, -0.1) is 0 Å². The van der Waals surface area contributed by atoms with E-state index < -0.39 is 7.82 Å². The molecule has 17 heavy (non-hydrogen) atoms. The lowest BCUT2D eigenvalue weighted by molar-refractivity contribution is 0.0547. The Morgan fingerprint density at radius 1 is 1.29 bits per heavy atom. The maximum absolute atomic E-state index is 8.88. The lowest BCUT2D eigenvalue weighted by atomic mass is 9.81. The minimum Gasteiger partial charge on any atom is -0.303 e. The van der Waals surface area contributed by atoms with E-state index in [-0.39, 0.29) is 11.6 Å². The minimum atomic E-state index is -4.64. The van der Waals surface area contributed by atoms with Crippen molar-refractivity contribution in [2.45, 2.75) is 39.2 Å². The van der Waals surface area contributed by atoms with Crippen LogP contribution in [0.2, 0.25) is 0 Å². The van der Waals surface area contributed by atoms with Crippen molar-refractivity contribution >= 4 is 7.82 Å². The summed E-state index contributed by atoms with van der Waals surface area (Å²) >= 11 is 0. The topological polar surface area (TPSA) is 140 Å². The van der Waals surface area contributed by atoms with Crippen molar-refractivity contribution in [3.8, 4) is 0 Å². The van der Waals surface area contributed by atoms with Crippen LogP contribution in [0, 0.1) is 5.92 Å². The molecule has 8 heteroatoms. The van der Waals surface area contributed by atoms with Gasteiger partial charge in [0, 0.05) is 5.54 Å². The molecular weight excluding hydrogens is 247 g/mol. The number of hydrogen-bond acceptors (Lipinski definition) is 2. The van der Waals surface area contributed by atoms with Crippen molar-refractivity contribution in [3.05, 3.63) is 0 Å². The summed E-state index contributed by atoms with van der Waals surface area (Å²) in [7, 11) is -2.41. The SMILES string of the molecule is CC1CCCN(C)C1(C)C.O=P(O)(O)O.[N+3].[O+2]. The Morgan fingerprint density at radius 3 is 1.88 bits per heavy atom. The van der Waals surface area contributed by atoms with Gasteiger partial charge >= 0.3 is 19.4 Å². The van der Waals surface area contributed by atoms with Gasteiger partial charge in [0.1, 0.15) is 0 Å². The summed E-state index contributed by atoms with van der Waals surface area (Å²) < 4.78 is 8.88. The molecule has 0 aromatic heterocycles. The first-order valence-corrected chi connectivity index (χ1v) is 6.61. The Labute approximate surface area is 103 Å². The van der Waals surface area contributed by atoms with E-state index >= 15 is 0 Å². The van der Waals surface area contributed by atoms with Crippen LogP contribution >= 0.6 is 7.82 Å². The van der Waals surface area contributed by atoms with Gasteiger partial charge < -0.3 is 19.6 Å². The summed E-state index contributed by atoms with van der Waals surface area (Å²) in [5.41, 5.74) is 0.429. The molecule has 0 aromatic carbocycles. The van der Waals surface area contributed by atoms with Gasteiger partial charge in [-0.1, -0.05) is 6.92 Å². The van der Waals surface area contributed by atoms with Crippen LogP contribution in [0.15, 0.2) is 0 Å². The van der Waals surface area contributed by atoms with Crippen molar-refractivity contribution in [3.63, 3.8) is 0 Å². The van der Waals surface area contributed by atoms with Crippen molar-refractivity contribution in [1.29, 1.82) is 0 Å². The van der Waals surface area contributed by atoms with E-state index in [1.54, 1.807) is 0 Å². The maximum atomic E-state index is 8.88. The molecule has 0 spiro atoms. The fourth-order valence-electron chi connectivity index (χ4n) is 1.65. The molecule has 1 rings (SSSR count). The lowest BCUT2D eigenvalue weighted by Crippen LogP contribution is -2.49. The fraction of sp³-hybridized carbons (Fsp3) is 1.00. The van der Waals surface area contributed by atoms with Crippen LogP contribution in [0.1, 0.15) is 33.6 Å². The van der Waals surface area contributed by atoms with Gasteiger partial charge in [0.2, 0.25) is 0 Å². The van der Waals surface area contributed by atoms with Crippen LogP contribution in [0.25, 0.3) is 0 Å². The Hall–Kier alpha value is -0.260.